The Balaban J connectivity index is 2.52. The van der Waals surface area contributed by atoms with Crippen molar-refractivity contribution in [1.82, 2.24) is 0 Å². The molecule has 0 nitrogen and oxygen atoms in total. The summed E-state index contributed by atoms with van der Waals surface area (Å²) in [5, 5.41) is 0. The summed E-state index contributed by atoms with van der Waals surface area (Å²) in [6, 6.07) is 12.3. The molecular weight excluding hydrogens is 199 g/mol. The lowest BCUT2D eigenvalue weighted by Crippen LogP contribution is -1.84. The predicted molar refractivity (Wildman–Crippen MR) is 64.5 cm³/mol. The maximum Gasteiger partial charge on any atom is 0.123 e. The first kappa shape index (κ1) is 10.4. The fraction of sp³-hybridized carbons (Fsp3) is 0.0667. The van der Waals surface area contributed by atoms with E-state index in [1.807, 2.05) is 25.1 Å². The van der Waals surface area contributed by atoms with Gasteiger partial charge in [0.25, 0.3) is 0 Å². The highest BCUT2D eigenvalue weighted by Crippen LogP contribution is 2.22. The summed E-state index contributed by atoms with van der Waals surface area (Å²) < 4.78 is 12.8. The van der Waals surface area contributed by atoms with Crippen LogP contribution in [-0.2, 0) is 0 Å². The number of terminal acetylenes is 1. The molecule has 0 aromatic heterocycles. The van der Waals surface area contributed by atoms with Gasteiger partial charge in [-0.2, -0.15) is 0 Å². The minimum Gasteiger partial charge on any atom is -0.207 e. The van der Waals surface area contributed by atoms with E-state index in [-0.39, 0.29) is 5.82 Å². The van der Waals surface area contributed by atoms with E-state index in [1.54, 1.807) is 12.1 Å². The van der Waals surface area contributed by atoms with Gasteiger partial charge in [0.15, 0.2) is 0 Å². The van der Waals surface area contributed by atoms with Crippen LogP contribution in [0.2, 0.25) is 0 Å². The zero-order valence-corrected chi connectivity index (χ0v) is 9.00. The molecule has 0 saturated heterocycles. The first-order chi connectivity index (χ1) is 7.69. The molecule has 0 radical (unpaired) electrons. The summed E-state index contributed by atoms with van der Waals surface area (Å²) in [6.45, 7) is 1.99. The maximum absolute atomic E-state index is 12.8. The van der Waals surface area contributed by atoms with Gasteiger partial charge in [0.2, 0.25) is 0 Å². The average molecular weight is 210 g/mol. The van der Waals surface area contributed by atoms with Crippen molar-refractivity contribution in [1.29, 1.82) is 0 Å². The first-order valence-corrected chi connectivity index (χ1v) is 5.03. The molecule has 0 saturated carbocycles. The Labute approximate surface area is 94.7 Å². The number of aryl methyl sites for hydroxylation is 1. The third kappa shape index (κ3) is 2.12. The molecule has 78 valence electrons. The van der Waals surface area contributed by atoms with Crippen LogP contribution in [0.15, 0.2) is 42.5 Å². The van der Waals surface area contributed by atoms with Crippen molar-refractivity contribution >= 4 is 0 Å². The molecular formula is C15H11F. The fourth-order valence-corrected chi connectivity index (χ4v) is 1.68. The van der Waals surface area contributed by atoms with Crippen molar-refractivity contribution in [3.05, 3.63) is 59.4 Å². The summed E-state index contributed by atoms with van der Waals surface area (Å²) >= 11 is 0. The van der Waals surface area contributed by atoms with Gasteiger partial charge in [-0.3, -0.25) is 0 Å². The Morgan fingerprint density at radius 3 is 2.31 bits per heavy atom. The second-order valence-corrected chi connectivity index (χ2v) is 3.74. The number of hydrogen-bond acceptors (Lipinski definition) is 0. The molecule has 0 unspecified atom stereocenters. The van der Waals surface area contributed by atoms with E-state index < -0.39 is 0 Å². The topological polar surface area (TPSA) is 0 Å². The first-order valence-electron chi connectivity index (χ1n) is 5.03. The lowest BCUT2D eigenvalue weighted by molar-refractivity contribution is 0.628. The van der Waals surface area contributed by atoms with E-state index in [9.17, 15) is 4.39 Å². The third-order valence-corrected chi connectivity index (χ3v) is 2.42. The van der Waals surface area contributed by atoms with Crippen LogP contribution in [0, 0.1) is 25.1 Å². The van der Waals surface area contributed by atoms with E-state index >= 15 is 0 Å². The second-order valence-electron chi connectivity index (χ2n) is 3.74. The molecule has 0 fully saturated rings. The van der Waals surface area contributed by atoms with Crippen molar-refractivity contribution in [2.45, 2.75) is 6.92 Å². The Morgan fingerprint density at radius 1 is 1.00 bits per heavy atom. The second kappa shape index (κ2) is 4.20. The standard InChI is InChI=1S/C15H11F/c1-3-12-8-11(2)9-14(10-12)13-4-6-15(16)7-5-13/h1,4-10H,2H3. The van der Waals surface area contributed by atoms with Crippen LogP contribution < -0.4 is 0 Å². The summed E-state index contributed by atoms with van der Waals surface area (Å²) in [7, 11) is 0. The van der Waals surface area contributed by atoms with Crippen molar-refractivity contribution < 1.29 is 4.39 Å². The number of hydrogen-bond donors (Lipinski definition) is 0. The molecule has 0 atom stereocenters. The Morgan fingerprint density at radius 2 is 1.69 bits per heavy atom. The molecule has 0 aliphatic carbocycles. The zero-order valence-electron chi connectivity index (χ0n) is 9.00. The molecule has 0 aliphatic rings. The lowest BCUT2D eigenvalue weighted by Gasteiger charge is -2.04. The van der Waals surface area contributed by atoms with E-state index in [2.05, 4.69) is 5.92 Å². The van der Waals surface area contributed by atoms with Crippen LogP contribution in [-0.4, -0.2) is 0 Å². The highest BCUT2D eigenvalue weighted by atomic mass is 19.1. The van der Waals surface area contributed by atoms with Gasteiger partial charge in [-0.25, -0.2) is 4.39 Å². The van der Waals surface area contributed by atoms with Crippen LogP contribution in [0.3, 0.4) is 0 Å². The van der Waals surface area contributed by atoms with Gasteiger partial charge in [-0.05, 0) is 47.9 Å². The fourth-order valence-electron chi connectivity index (χ4n) is 1.68. The summed E-state index contributed by atoms with van der Waals surface area (Å²) in [5.41, 5.74) is 3.95. The van der Waals surface area contributed by atoms with Gasteiger partial charge < -0.3 is 0 Å². The molecule has 16 heavy (non-hydrogen) atoms. The molecule has 1 heteroatoms. The zero-order chi connectivity index (χ0) is 11.5. The molecule has 2 aromatic rings. The van der Waals surface area contributed by atoms with Gasteiger partial charge in [0, 0.05) is 5.56 Å². The monoisotopic (exact) mass is 210 g/mol. The SMILES string of the molecule is C#Cc1cc(C)cc(-c2ccc(F)cc2)c1. The minimum atomic E-state index is -0.228. The average Bonchev–Trinajstić information content (AvgIpc) is 2.29. The van der Waals surface area contributed by atoms with Crippen molar-refractivity contribution in [2.75, 3.05) is 0 Å². The van der Waals surface area contributed by atoms with Crippen LogP contribution in [0.5, 0.6) is 0 Å². The molecule has 0 aliphatic heterocycles. The van der Waals surface area contributed by atoms with Crippen molar-refractivity contribution in [3.8, 4) is 23.5 Å². The molecule has 0 bridgehead atoms. The van der Waals surface area contributed by atoms with Crippen LogP contribution >= 0.6 is 0 Å². The van der Waals surface area contributed by atoms with Crippen LogP contribution in [0.4, 0.5) is 4.39 Å². The van der Waals surface area contributed by atoms with E-state index in [0.717, 1.165) is 22.3 Å². The largest absolute Gasteiger partial charge is 0.207 e. The normalized spacial score (nSPS) is 9.81. The van der Waals surface area contributed by atoms with E-state index in [4.69, 9.17) is 6.42 Å². The number of benzene rings is 2. The van der Waals surface area contributed by atoms with Gasteiger partial charge in [0.05, 0.1) is 0 Å². The predicted octanol–water partition coefficient (Wildman–Crippen LogP) is 3.78. The van der Waals surface area contributed by atoms with Crippen LogP contribution in [0.25, 0.3) is 11.1 Å². The highest BCUT2D eigenvalue weighted by molar-refractivity contribution is 5.66. The number of halogens is 1. The Bertz CT molecular complexity index is 545. The summed E-state index contributed by atoms with van der Waals surface area (Å²) in [5.74, 6) is 2.39. The van der Waals surface area contributed by atoms with Crippen LogP contribution in [0.1, 0.15) is 11.1 Å². The molecule has 2 aromatic carbocycles. The maximum atomic E-state index is 12.8. The molecule has 2 rings (SSSR count). The van der Waals surface area contributed by atoms with Crippen molar-refractivity contribution in [2.24, 2.45) is 0 Å². The van der Waals surface area contributed by atoms with Gasteiger partial charge >= 0.3 is 0 Å². The molecule has 0 spiro atoms. The summed E-state index contributed by atoms with van der Waals surface area (Å²) in [4.78, 5) is 0. The van der Waals surface area contributed by atoms with E-state index in [1.165, 1.54) is 12.1 Å². The molecule has 0 amide bonds. The molecule has 0 heterocycles. The number of rotatable bonds is 1. The van der Waals surface area contributed by atoms with Gasteiger partial charge in [0.1, 0.15) is 5.82 Å². The summed E-state index contributed by atoms with van der Waals surface area (Å²) in [6.07, 6.45) is 5.38. The Kier molecular flexibility index (Phi) is 2.74. The lowest BCUT2D eigenvalue weighted by atomic mass is 10.0. The Hall–Kier alpha value is -2.07. The van der Waals surface area contributed by atoms with E-state index in [0.29, 0.717) is 0 Å². The highest BCUT2D eigenvalue weighted by Gasteiger charge is 2.00. The quantitative estimate of drug-likeness (QED) is 0.628. The van der Waals surface area contributed by atoms with Gasteiger partial charge in [-0.15, -0.1) is 6.42 Å². The smallest absolute Gasteiger partial charge is 0.123 e. The molecule has 0 N–H and O–H groups in total. The van der Waals surface area contributed by atoms with Crippen molar-refractivity contribution in [3.63, 3.8) is 0 Å². The minimum absolute atomic E-state index is 0.228. The van der Waals surface area contributed by atoms with Gasteiger partial charge in [-0.1, -0.05) is 24.1 Å². The third-order valence-electron chi connectivity index (χ3n) is 2.42.